The molecule has 16 atom stereocenters. The van der Waals surface area contributed by atoms with Crippen molar-refractivity contribution in [2.45, 2.75) is 97.3 Å². The number of hydrogen-bond acceptors (Lipinski definition) is 16. The summed E-state index contributed by atoms with van der Waals surface area (Å²) in [6, 6.07) is 0. The van der Waals surface area contributed by atoms with E-state index in [0.717, 1.165) is 0 Å². The lowest BCUT2D eigenvalue weighted by molar-refractivity contribution is -0.403. The molecule has 0 radical (unpaired) electrons. The summed E-state index contributed by atoms with van der Waals surface area (Å²) in [5.41, 5.74) is -2.96. The zero-order chi connectivity index (χ0) is 25.7. The highest BCUT2D eigenvalue weighted by atomic mass is 16.7. The Morgan fingerprint density at radius 1 is 0.500 bits per heavy atom. The van der Waals surface area contributed by atoms with Gasteiger partial charge in [0.1, 0.15) is 85.5 Å². The lowest BCUT2D eigenvalue weighted by Gasteiger charge is -2.58. The molecule has 0 aromatic rings. The van der Waals surface area contributed by atoms with Crippen molar-refractivity contribution in [1.29, 1.82) is 0 Å². The average Bonchev–Trinajstić information content (AvgIpc) is 2.83. The molecule has 0 spiro atoms. The summed E-state index contributed by atoms with van der Waals surface area (Å²) in [6.07, 6.45) is -31.2. The van der Waals surface area contributed by atoms with Crippen molar-refractivity contribution in [3.05, 3.63) is 0 Å². The molecular weight excluding hydrogens is 472 g/mol. The molecule has 34 heavy (non-hydrogen) atoms. The van der Waals surface area contributed by atoms with E-state index in [4.69, 9.17) is 14.2 Å². The van der Waals surface area contributed by atoms with Crippen LogP contribution in [0.15, 0.2) is 0 Å². The summed E-state index contributed by atoms with van der Waals surface area (Å²) in [6.45, 7) is -1.84. The van der Waals surface area contributed by atoms with Crippen LogP contribution >= 0.6 is 0 Å². The first-order chi connectivity index (χ1) is 15.8. The van der Waals surface area contributed by atoms with Crippen molar-refractivity contribution >= 4 is 0 Å². The number of aliphatic hydroxyl groups excluding tert-OH is 13. The summed E-state index contributed by atoms with van der Waals surface area (Å²) in [7, 11) is 0. The number of rotatable bonds is 5. The molecule has 3 fully saturated rings. The SMILES string of the molecule is OC[C@H]1OC(O[C@]2(C3O[C@H](CO)[C@H](O)[C@H](O)[C@H]3O)[C@@H](O)[C@H](O)[C@@H](O)[C@H](O)[C@@H]2O)[C@H](O)[C@@H](O)[C@H]1O. The lowest BCUT2D eigenvalue weighted by Crippen LogP contribution is -2.81. The number of aliphatic hydroxyl groups is 13. The fourth-order valence-corrected chi connectivity index (χ4v) is 4.67. The van der Waals surface area contributed by atoms with Crippen LogP contribution in [-0.2, 0) is 14.2 Å². The minimum Gasteiger partial charge on any atom is -0.394 e. The second-order valence-electron chi connectivity index (χ2n) is 8.78. The van der Waals surface area contributed by atoms with Gasteiger partial charge in [-0.3, -0.25) is 0 Å². The Balaban J connectivity index is 2.10. The van der Waals surface area contributed by atoms with Crippen LogP contribution in [0.4, 0.5) is 0 Å². The van der Waals surface area contributed by atoms with Crippen LogP contribution in [0.2, 0.25) is 0 Å². The third-order valence-electron chi connectivity index (χ3n) is 6.78. The maximum atomic E-state index is 10.9. The van der Waals surface area contributed by atoms with Gasteiger partial charge < -0.3 is 80.6 Å². The first kappa shape index (κ1) is 27.9. The molecule has 200 valence electrons. The van der Waals surface area contributed by atoms with Crippen LogP contribution in [0.3, 0.4) is 0 Å². The molecule has 0 aromatic carbocycles. The highest BCUT2D eigenvalue weighted by Crippen LogP contribution is 2.43. The van der Waals surface area contributed by atoms with Crippen LogP contribution in [-0.4, -0.2) is 177 Å². The van der Waals surface area contributed by atoms with Gasteiger partial charge in [-0.15, -0.1) is 0 Å². The van der Waals surface area contributed by atoms with Gasteiger partial charge in [0, 0.05) is 0 Å². The van der Waals surface area contributed by atoms with Crippen molar-refractivity contribution in [2.24, 2.45) is 0 Å². The van der Waals surface area contributed by atoms with E-state index in [1.807, 2.05) is 0 Å². The molecule has 0 aromatic heterocycles. The minimum atomic E-state index is -2.96. The molecule has 13 N–H and O–H groups in total. The molecule has 2 aliphatic heterocycles. The molecule has 1 saturated carbocycles. The van der Waals surface area contributed by atoms with E-state index in [9.17, 15) is 66.4 Å². The smallest absolute Gasteiger partial charge is 0.187 e. The second-order valence-corrected chi connectivity index (χ2v) is 8.78. The highest BCUT2D eigenvalue weighted by Gasteiger charge is 2.68. The highest BCUT2D eigenvalue weighted by molar-refractivity contribution is 5.17. The van der Waals surface area contributed by atoms with Gasteiger partial charge in [-0.1, -0.05) is 0 Å². The third-order valence-corrected chi connectivity index (χ3v) is 6.78. The maximum Gasteiger partial charge on any atom is 0.187 e. The van der Waals surface area contributed by atoms with Crippen LogP contribution in [0.1, 0.15) is 0 Å². The normalized spacial score (nSPS) is 56.9. The van der Waals surface area contributed by atoms with Crippen molar-refractivity contribution in [3.8, 4) is 0 Å². The van der Waals surface area contributed by atoms with E-state index in [0.29, 0.717) is 0 Å². The molecule has 3 rings (SSSR count). The average molecular weight is 504 g/mol. The standard InChI is InChI=1S/C18H32O16/c19-1-3-5(21)7(23)12(28)16(32-3)18(14(30)10(26)9(25)11(27)15(18)31)34-17-13(29)8(24)6(22)4(2-20)33-17/h3-17,19-31H,1-2H2/t3-,4-,5+,6+,7+,8+,9-,10-,11+,12-,13-,14+,15+,16?,17?,18-/m1/s1. The first-order valence-corrected chi connectivity index (χ1v) is 10.5. The van der Waals surface area contributed by atoms with Gasteiger partial charge >= 0.3 is 0 Å². The van der Waals surface area contributed by atoms with Crippen LogP contribution in [0.5, 0.6) is 0 Å². The molecule has 16 heteroatoms. The predicted octanol–water partition coefficient (Wildman–Crippen LogP) is -8.80. The van der Waals surface area contributed by atoms with E-state index >= 15 is 0 Å². The van der Waals surface area contributed by atoms with Gasteiger partial charge in [0.2, 0.25) is 0 Å². The van der Waals surface area contributed by atoms with Gasteiger partial charge in [0.05, 0.1) is 13.2 Å². The fraction of sp³-hybridized carbons (Fsp3) is 1.00. The zero-order valence-electron chi connectivity index (χ0n) is 17.6. The van der Waals surface area contributed by atoms with Gasteiger partial charge in [-0.2, -0.15) is 0 Å². The summed E-state index contributed by atoms with van der Waals surface area (Å²) < 4.78 is 16.1. The quantitative estimate of drug-likeness (QED) is 0.165. The molecule has 2 heterocycles. The number of ether oxygens (including phenoxy) is 3. The predicted molar refractivity (Wildman–Crippen MR) is 101 cm³/mol. The Morgan fingerprint density at radius 3 is 1.38 bits per heavy atom. The van der Waals surface area contributed by atoms with Crippen molar-refractivity contribution in [1.82, 2.24) is 0 Å². The number of hydrogen-bond donors (Lipinski definition) is 13. The molecule has 0 amide bonds. The van der Waals surface area contributed by atoms with Crippen LogP contribution < -0.4 is 0 Å². The Bertz CT molecular complexity index is 662. The summed E-state index contributed by atoms with van der Waals surface area (Å²) in [4.78, 5) is 0. The van der Waals surface area contributed by atoms with E-state index < -0.39 is 111 Å². The van der Waals surface area contributed by atoms with Crippen molar-refractivity contribution in [3.63, 3.8) is 0 Å². The summed E-state index contributed by atoms with van der Waals surface area (Å²) >= 11 is 0. The monoisotopic (exact) mass is 504 g/mol. The Kier molecular flexibility index (Phi) is 8.53. The van der Waals surface area contributed by atoms with Crippen molar-refractivity contribution in [2.75, 3.05) is 13.2 Å². The molecule has 2 unspecified atom stereocenters. The van der Waals surface area contributed by atoms with Gasteiger partial charge in [-0.05, 0) is 0 Å². The van der Waals surface area contributed by atoms with E-state index in [-0.39, 0.29) is 0 Å². The fourth-order valence-electron chi connectivity index (χ4n) is 4.67. The summed E-state index contributed by atoms with van der Waals surface area (Å²) in [5.74, 6) is 0. The van der Waals surface area contributed by atoms with Crippen LogP contribution in [0.25, 0.3) is 0 Å². The Morgan fingerprint density at radius 2 is 0.912 bits per heavy atom. The molecule has 2 saturated heterocycles. The van der Waals surface area contributed by atoms with E-state index in [1.54, 1.807) is 0 Å². The van der Waals surface area contributed by atoms with Crippen molar-refractivity contribution < 1.29 is 80.6 Å². The zero-order valence-corrected chi connectivity index (χ0v) is 17.6. The van der Waals surface area contributed by atoms with Crippen LogP contribution in [0, 0.1) is 0 Å². The lowest BCUT2D eigenvalue weighted by atomic mass is 9.68. The third kappa shape index (κ3) is 4.26. The largest absolute Gasteiger partial charge is 0.394 e. The second kappa shape index (κ2) is 10.4. The summed E-state index contributed by atoms with van der Waals surface area (Å²) in [5, 5.41) is 133. The topological polar surface area (TPSA) is 291 Å². The van der Waals surface area contributed by atoms with Gasteiger partial charge in [0.15, 0.2) is 11.9 Å². The van der Waals surface area contributed by atoms with Gasteiger partial charge in [-0.25, -0.2) is 0 Å². The minimum absolute atomic E-state index is 0.896. The van der Waals surface area contributed by atoms with E-state index in [2.05, 4.69) is 0 Å². The first-order valence-electron chi connectivity index (χ1n) is 10.5. The Hall–Kier alpha value is -0.640. The maximum absolute atomic E-state index is 10.9. The molecule has 16 nitrogen and oxygen atoms in total. The molecule has 3 aliphatic rings. The molecule has 1 aliphatic carbocycles. The Labute approximate surface area is 192 Å². The van der Waals surface area contributed by atoms with Gasteiger partial charge in [0.25, 0.3) is 0 Å². The van der Waals surface area contributed by atoms with E-state index in [1.165, 1.54) is 0 Å². The molecular formula is C18H32O16. The molecule has 0 bridgehead atoms.